The molecular weight excluding hydrogens is 126 g/mol. The smallest absolute Gasteiger partial charge is 0.0431 e. The van der Waals surface area contributed by atoms with Crippen LogP contribution in [0, 0.1) is 6.04 Å². The molecule has 1 radical (unpaired) electrons. The van der Waals surface area contributed by atoms with Gasteiger partial charge in [-0.2, -0.15) is 0 Å². The predicted octanol–water partition coefficient (Wildman–Crippen LogP) is 1.26. The molecular formula is C8H18NO. The van der Waals surface area contributed by atoms with Gasteiger partial charge in [-0.25, -0.2) is 0 Å². The maximum Gasteiger partial charge on any atom is 0.0431 e. The second-order valence-electron chi connectivity index (χ2n) is 2.64. The second kappa shape index (κ2) is 5.69. The van der Waals surface area contributed by atoms with Crippen molar-refractivity contribution in [3.8, 4) is 0 Å². The molecule has 2 heteroatoms. The van der Waals surface area contributed by atoms with Gasteiger partial charge in [-0.15, -0.1) is 0 Å². The van der Waals surface area contributed by atoms with Crippen LogP contribution in [0.25, 0.3) is 0 Å². The molecule has 0 unspecified atom stereocenters. The summed E-state index contributed by atoms with van der Waals surface area (Å²) >= 11 is 0. The number of hydrogen-bond donors (Lipinski definition) is 1. The normalized spacial score (nSPS) is 11.4. The highest BCUT2D eigenvalue weighted by Crippen LogP contribution is 2.14. The number of rotatable bonds is 5. The van der Waals surface area contributed by atoms with E-state index in [-0.39, 0.29) is 0 Å². The molecule has 0 aliphatic rings. The molecule has 0 aliphatic carbocycles. The van der Waals surface area contributed by atoms with Crippen molar-refractivity contribution < 1.29 is 5.11 Å². The number of hydrogen-bond acceptors (Lipinski definition) is 2. The molecule has 0 amide bonds. The first-order valence-corrected chi connectivity index (χ1v) is 3.85. The highest BCUT2D eigenvalue weighted by molar-refractivity contribution is 4.83. The van der Waals surface area contributed by atoms with E-state index in [1.165, 1.54) is 6.04 Å². The third-order valence-electron chi connectivity index (χ3n) is 1.66. The molecule has 0 aromatic rings. The van der Waals surface area contributed by atoms with Crippen LogP contribution >= 0.6 is 0 Å². The van der Waals surface area contributed by atoms with Crippen LogP contribution in [-0.4, -0.2) is 30.7 Å². The van der Waals surface area contributed by atoms with Crippen molar-refractivity contribution in [3.63, 3.8) is 0 Å². The lowest BCUT2D eigenvalue weighted by molar-refractivity contribution is 0.271. The third kappa shape index (κ3) is 3.85. The van der Waals surface area contributed by atoms with Crippen molar-refractivity contribution in [1.29, 1.82) is 0 Å². The summed E-state index contributed by atoms with van der Waals surface area (Å²) in [6, 6.07) is 1.41. The van der Waals surface area contributed by atoms with Gasteiger partial charge in [0.05, 0.1) is 0 Å². The first-order chi connectivity index (χ1) is 4.72. The fraction of sp³-hybridized carbons (Fsp3) is 0.875. The molecule has 0 heterocycles. The Morgan fingerprint density at radius 1 is 1.40 bits per heavy atom. The molecule has 0 rings (SSSR count). The van der Waals surface area contributed by atoms with Crippen LogP contribution in [0.1, 0.15) is 26.2 Å². The molecule has 0 saturated heterocycles. The zero-order valence-electron chi connectivity index (χ0n) is 7.22. The predicted molar refractivity (Wildman–Crippen MR) is 43.5 cm³/mol. The van der Waals surface area contributed by atoms with Crippen LogP contribution in [-0.2, 0) is 0 Å². The molecule has 0 aromatic heterocycles. The molecule has 0 spiro atoms. The van der Waals surface area contributed by atoms with Gasteiger partial charge in [0.1, 0.15) is 0 Å². The van der Waals surface area contributed by atoms with E-state index in [1.807, 2.05) is 0 Å². The minimum absolute atomic E-state index is 0.303. The van der Waals surface area contributed by atoms with Crippen molar-refractivity contribution in [3.05, 3.63) is 6.04 Å². The van der Waals surface area contributed by atoms with E-state index in [0.29, 0.717) is 6.61 Å². The maximum absolute atomic E-state index is 8.56. The van der Waals surface area contributed by atoms with E-state index in [0.717, 1.165) is 19.3 Å². The Hall–Kier alpha value is -0.0800. The largest absolute Gasteiger partial charge is 0.396 e. The number of aliphatic hydroxyl groups excluding tert-OH is 1. The fourth-order valence-electron chi connectivity index (χ4n) is 1.000. The Balaban J connectivity index is 3.40. The quantitative estimate of drug-likeness (QED) is 0.628. The first-order valence-electron chi connectivity index (χ1n) is 3.85. The van der Waals surface area contributed by atoms with E-state index >= 15 is 0 Å². The average Bonchev–Trinajstić information content (AvgIpc) is 1.89. The van der Waals surface area contributed by atoms with E-state index < -0.39 is 0 Å². The number of nitrogens with zero attached hydrogens (tertiary/aromatic N) is 1. The molecule has 61 valence electrons. The molecule has 0 aromatic carbocycles. The summed E-state index contributed by atoms with van der Waals surface area (Å²) in [4.78, 5) is 2.13. The van der Waals surface area contributed by atoms with Crippen LogP contribution in [0.4, 0.5) is 0 Å². The summed E-state index contributed by atoms with van der Waals surface area (Å²) in [6.45, 7) is 2.45. The van der Waals surface area contributed by atoms with Gasteiger partial charge in [0, 0.05) is 12.6 Å². The van der Waals surface area contributed by atoms with Gasteiger partial charge in [-0.1, -0.05) is 6.92 Å². The van der Waals surface area contributed by atoms with E-state index in [2.05, 4.69) is 25.9 Å². The molecule has 1 N–H and O–H groups in total. The van der Waals surface area contributed by atoms with Crippen LogP contribution in [0.15, 0.2) is 0 Å². The molecule has 0 atom stereocenters. The average molecular weight is 144 g/mol. The number of aliphatic hydroxyl groups is 1. The summed E-state index contributed by atoms with van der Waals surface area (Å²) in [5, 5.41) is 8.56. The maximum atomic E-state index is 8.56. The zero-order chi connectivity index (χ0) is 7.98. The van der Waals surface area contributed by atoms with Crippen molar-refractivity contribution in [2.75, 3.05) is 20.7 Å². The second-order valence-corrected chi connectivity index (χ2v) is 2.64. The van der Waals surface area contributed by atoms with Crippen LogP contribution in [0.2, 0.25) is 0 Å². The van der Waals surface area contributed by atoms with Gasteiger partial charge in [0.15, 0.2) is 0 Å². The standard InChI is InChI=1S/C8H18NO/c1-4-8(9(2)3)6-5-7-10/h10H,4-7H2,1-3H3. The zero-order valence-corrected chi connectivity index (χ0v) is 7.22. The minimum atomic E-state index is 0.303. The van der Waals surface area contributed by atoms with Gasteiger partial charge in [0.2, 0.25) is 0 Å². The van der Waals surface area contributed by atoms with Gasteiger partial charge >= 0.3 is 0 Å². The Morgan fingerprint density at radius 3 is 2.30 bits per heavy atom. The van der Waals surface area contributed by atoms with Gasteiger partial charge < -0.3 is 10.0 Å². The SMILES string of the molecule is CC[C](CCCO)N(C)C. The highest BCUT2D eigenvalue weighted by Gasteiger charge is 2.07. The Morgan fingerprint density at radius 2 is 2.00 bits per heavy atom. The summed E-state index contributed by atoms with van der Waals surface area (Å²) in [5.74, 6) is 0. The monoisotopic (exact) mass is 144 g/mol. The summed E-state index contributed by atoms with van der Waals surface area (Å²) < 4.78 is 0. The van der Waals surface area contributed by atoms with Crippen LogP contribution < -0.4 is 0 Å². The third-order valence-corrected chi connectivity index (χ3v) is 1.66. The Bertz CT molecular complexity index is 73.7. The molecule has 0 aliphatic heterocycles. The van der Waals surface area contributed by atoms with Crippen molar-refractivity contribution in [1.82, 2.24) is 4.90 Å². The lowest BCUT2D eigenvalue weighted by Crippen LogP contribution is -2.19. The van der Waals surface area contributed by atoms with E-state index in [4.69, 9.17) is 5.11 Å². The fourth-order valence-corrected chi connectivity index (χ4v) is 1.000. The molecule has 0 bridgehead atoms. The van der Waals surface area contributed by atoms with Gasteiger partial charge in [-0.3, -0.25) is 0 Å². The topological polar surface area (TPSA) is 23.5 Å². The van der Waals surface area contributed by atoms with Crippen molar-refractivity contribution in [2.45, 2.75) is 26.2 Å². The van der Waals surface area contributed by atoms with Crippen LogP contribution in [0.5, 0.6) is 0 Å². The lowest BCUT2D eigenvalue weighted by Gasteiger charge is -2.20. The molecule has 10 heavy (non-hydrogen) atoms. The Labute approximate surface area is 63.8 Å². The molecule has 0 saturated carbocycles. The van der Waals surface area contributed by atoms with Gasteiger partial charge in [-0.05, 0) is 33.4 Å². The van der Waals surface area contributed by atoms with Crippen molar-refractivity contribution >= 4 is 0 Å². The van der Waals surface area contributed by atoms with E-state index in [9.17, 15) is 0 Å². The van der Waals surface area contributed by atoms with Crippen LogP contribution in [0.3, 0.4) is 0 Å². The Kier molecular flexibility index (Phi) is 5.64. The minimum Gasteiger partial charge on any atom is -0.396 e. The summed E-state index contributed by atoms with van der Waals surface area (Å²) in [7, 11) is 4.10. The highest BCUT2D eigenvalue weighted by atomic mass is 16.2. The van der Waals surface area contributed by atoms with Gasteiger partial charge in [0.25, 0.3) is 0 Å². The molecule has 0 fully saturated rings. The van der Waals surface area contributed by atoms with E-state index in [1.54, 1.807) is 0 Å². The summed E-state index contributed by atoms with van der Waals surface area (Å²) in [6.07, 6.45) is 3.01. The van der Waals surface area contributed by atoms with Crippen molar-refractivity contribution in [2.24, 2.45) is 0 Å². The lowest BCUT2D eigenvalue weighted by atomic mass is 10.1. The first kappa shape index (κ1) is 9.92. The summed E-state index contributed by atoms with van der Waals surface area (Å²) in [5.41, 5.74) is 0. The molecule has 2 nitrogen and oxygen atoms in total.